The summed E-state index contributed by atoms with van der Waals surface area (Å²) in [5.74, 6) is -0.966. The zero-order valence-electron chi connectivity index (χ0n) is 14.5. The minimum atomic E-state index is -0.668. The number of H-pyrrole nitrogens is 1. The standard InChI is InChI=1S/C19H17N3O4S/c1-3-7-22-18(25)13(17(24)21-19(22)27)9-12-15(23)11-8-10(4-2)5-6-14(11)26-16(12)20/h3,5-6,8-9,20,25H,1,4,7H2,2H3,(H,21,24,27). The van der Waals surface area contributed by atoms with Gasteiger partial charge in [-0.25, -0.2) is 0 Å². The van der Waals surface area contributed by atoms with Crippen LogP contribution >= 0.6 is 12.2 Å². The number of ketones is 1. The van der Waals surface area contributed by atoms with Crippen molar-refractivity contribution in [3.05, 3.63) is 68.2 Å². The van der Waals surface area contributed by atoms with Crippen molar-refractivity contribution in [2.24, 2.45) is 0 Å². The Labute approximate surface area is 159 Å². The number of Topliss-reactive ketones (excluding diaryl/α,β-unsaturated/α-hetero) is 1. The monoisotopic (exact) mass is 383 g/mol. The summed E-state index contributed by atoms with van der Waals surface area (Å²) in [6, 6.07) is 5.17. The molecule has 27 heavy (non-hydrogen) atoms. The van der Waals surface area contributed by atoms with E-state index in [9.17, 15) is 14.7 Å². The first-order valence-corrected chi connectivity index (χ1v) is 8.61. The zero-order chi connectivity index (χ0) is 19.7. The van der Waals surface area contributed by atoms with Gasteiger partial charge in [0, 0.05) is 6.54 Å². The molecular formula is C19H17N3O4S. The predicted molar refractivity (Wildman–Crippen MR) is 104 cm³/mol. The maximum Gasteiger partial charge on any atom is 0.262 e. The van der Waals surface area contributed by atoms with Gasteiger partial charge in [0.25, 0.3) is 5.56 Å². The van der Waals surface area contributed by atoms with Gasteiger partial charge >= 0.3 is 0 Å². The van der Waals surface area contributed by atoms with Crippen LogP contribution < -0.4 is 10.3 Å². The Morgan fingerprint density at radius 2 is 2.15 bits per heavy atom. The van der Waals surface area contributed by atoms with Gasteiger partial charge in [-0.05, 0) is 42.4 Å². The number of aryl methyl sites for hydroxylation is 1. The summed E-state index contributed by atoms with van der Waals surface area (Å²) < 4.78 is 6.71. The third-order valence-electron chi connectivity index (χ3n) is 4.21. The van der Waals surface area contributed by atoms with E-state index in [0.717, 1.165) is 18.1 Å². The van der Waals surface area contributed by atoms with E-state index in [1.165, 1.54) is 10.6 Å². The van der Waals surface area contributed by atoms with Gasteiger partial charge in [-0.2, -0.15) is 0 Å². The van der Waals surface area contributed by atoms with Gasteiger partial charge in [0.15, 0.2) is 4.77 Å². The lowest BCUT2D eigenvalue weighted by Crippen LogP contribution is -2.25. The summed E-state index contributed by atoms with van der Waals surface area (Å²) in [6.07, 6.45) is 3.39. The number of aromatic nitrogens is 2. The number of nitrogens with zero attached hydrogens (tertiary/aromatic N) is 1. The largest absolute Gasteiger partial charge is 0.494 e. The number of aromatic hydroxyl groups is 1. The molecule has 3 rings (SSSR count). The minimum Gasteiger partial charge on any atom is -0.494 e. The second-order valence-electron chi connectivity index (χ2n) is 5.90. The molecule has 1 aliphatic heterocycles. The highest BCUT2D eigenvalue weighted by Crippen LogP contribution is 2.30. The molecule has 1 aliphatic rings. The number of ether oxygens (including phenoxy) is 1. The summed E-state index contributed by atoms with van der Waals surface area (Å²) >= 11 is 5.03. The number of fused-ring (bicyclic) bond motifs is 1. The van der Waals surface area contributed by atoms with Crippen molar-refractivity contribution in [2.75, 3.05) is 0 Å². The van der Waals surface area contributed by atoms with E-state index < -0.39 is 23.1 Å². The van der Waals surface area contributed by atoms with Crippen LogP contribution in [0.5, 0.6) is 11.6 Å². The minimum absolute atomic E-state index is 0.0266. The third-order valence-corrected chi connectivity index (χ3v) is 4.53. The molecule has 0 radical (unpaired) electrons. The number of aromatic amines is 1. The van der Waals surface area contributed by atoms with Crippen LogP contribution in [-0.4, -0.2) is 26.3 Å². The summed E-state index contributed by atoms with van der Waals surface area (Å²) in [5, 5.41) is 18.4. The molecule has 0 fully saturated rings. The van der Waals surface area contributed by atoms with Gasteiger partial charge in [-0.1, -0.05) is 19.1 Å². The highest BCUT2D eigenvalue weighted by molar-refractivity contribution is 7.71. The van der Waals surface area contributed by atoms with Gasteiger partial charge in [-0.15, -0.1) is 6.58 Å². The number of allylic oxidation sites excluding steroid dienone is 1. The fraction of sp³-hybridized carbons (Fsp3) is 0.158. The molecule has 2 aromatic rings. The van der Waals surface area contributed by atoms with Crippen LogP contribution in [0.3, 0.4) is 0 Å². The number of carbonyl (C=O) groups excluding carboxylic acids is 1. The molecule has 0 unspecified atom stereocenters. The highest BCUT2D eigenvalue weighted by atomic mass is 32.1. The van der Waals surface area contributed by atoms with Crippen molar-refractivity contribution in [1.82, 2.24) is 9.55 Å². The van der Waals surface area contributed by atoms with Crippen LogP contribution in [0, 0.1) is 10.2 Å². The SMILES string of the molecule is C=CCn1c(O)c(C=C2C(=N)Oc3ccc(CC)cc3C2=O)c(=O)[nH]c1=S. The van der Waals surface area contributed by atoms with Crippen LogP contribution in [0.25, 0.3) is 6.08 Å². The zero-order valence-corrected chi connectivity index (χ0v) is 15.4. The molecule has 0 atom stereocenters. The van der Waals surface area contributed by atoms with Crippen molar-refractivity contribution in [3.8, 4) is 11.6 Å². The second-order valence-corrected chi connectivity index (χ2v) is 6.28. The summed E-state index contributed by atoms with van der Waals surface area (Å²) in [5.41, 5.74) is 0.278. The lowest BCUT2D eigenvalue weighted by atomic mass is 9.96. The molecule has 0 amide bonds. The Morgan fingerprint density at radius 3 is 2.81 bits per heavy atom. The maximum atomic E-state index is 12.9. The van der Waals surface area contributed by atoms with E-state index >= 15 is 0 Å². The first-order chi connectivity index (χ1) is 12.9. The number of nitrogens with one attached hydrogen (secondary N) is 2. The van der Waals surface area contributed by atoms with Crippen molar-refractivity contribution < 1.29 is 14.6 Å². The van der Waals surface area contributed by atoms with Crippen LogP contribution in [-0.2, 0) is 13.0 Å². The fourth-order valence-electron chi connectivity index (χ4n) is 2.76. The van der Waals surface area contributed by atoms with E-state index in [1.54, 1.807) is 12.1 Å². The number of carbonyl (C=O) groups is 1. The number of rotatable bonds is 4. The van der Waals surface area contributed by atoms with Crippen LogP contribution in [0.2, 0.25) is 0 Å². The Bertz CT molecular complexity index is 1120. The Hall–Kier alpha value is -3.26. The third kappa shape index (κ3) is 3.26. The first kappa shape index (κ1) is 18.5. The molecule has 0 aliphatic carbocycles. The van der Waals surface area contributed by atoms with Crippen molar-refractivity contribution in [3.63, 3.8) is 0 Å². The molecule has 0 spiro atoms. The molecule has 1 aromatic carbocycles. The molecule has 138 valence electrons. The number of hydrogen-bond acceptors (Lipinski definition) is 6. The molecule has 3 N–H and O–H groups in total. The fourth-order valence-corrected chi connectivity index (χ4v) is 3.01. The lowest BCUT2D eigenvalue weighted by molar-refractivity contribution is 0.103. The summed E-state index contributed by atoms with van der Waals surface area (Å²) in [7, 11) is 0. The Morgan fingerprint density at radius 1 is 1.41 bits per heavy atom. The van der Waals surface area contributed by atoms with Gasteiger partial charge in [-0.3, -0.25) is 24.5 Å². The molecule has 2 heterocycles. The summed E-state index contributed by atoms with van der Waals surface area (Å²) in [6.45, 7) is 5.71. The van der Waals surface area contributed by atoms with Crippen LogP contribution in [0.15, 0.2) is 41.2 Å². The molecule has 1 aromatic heterocycles. The number of benzene rings is 1. The lowest BCUT2D eigenvalue weighted by Gasteiger charge is -2.20. The van der Waals surface area contributed by atoms with Crippen LogP contribution in [0.1, 0.15) is 28.4 Å². The molecule has 0 bridgehead atoms. The van der Waals surface area contributed by atoms with E-state index in [4.69, 9.17) is 22.4 Å². The molecule has 8 heteroatoms. The van der Waals surface area contributed by atoms with Crippen molar-refractivity contribution >= 4 is 30.0 Å². The second kappa shape index (κ2) is 7.16. The predicted octanol–water partition coefficient (Wildman–Crippen LogP) is 3.00. The quantitative estimate of drug-likeness (QED) is 0.427. The van der Waals surface area contributed by atoms with E-state index in [-0.39, 0.29) is 22.5 Å². The molecular weight excluding hydrogens is 366 g/mol. The normalized spacial score (nSPS) is 14.8. The smallest absolute Gasteiger partial charge is 0.262 e. The highest BCUT2D eigenvalue weighted by Gasteiger charge is 2.29. The molecule has 0 saturated heterocycles. The molecule has 0 saturated carbocycles. The topological polar surface area (TPSA) is 108 Å². The summed E-state index contributed by atoms with van der Waals surface area (Å²) in [4.78, 5) is 27.6. The van der Waals surface area contributed by atoms with E-state index in [0.29, 0.717) is 11.3 Å². The van der Waals surface area contributed by atoms with Crippen molar-refractivity contribution in [2.45, 2.75) is 19.9 Å². The van der Waals surface area contributed by atoms with E-state index in [1.807, 2.05) is 13.0 Å². The first-order valence-electron chi connectivity index (χ1n) is 8.20. The Balaban J connectivity index is 2.18. The number of hydrogen-bond donors (Lipinski definition) is 3. The molecule has 7 nitrogen and oxygen atoms in total. The average molecular weight is 383 g/mol. The Kier molecular flexibility index (Phi) is 4.91. The van der Waals surface area contributed by atoms with E-state index in [2.05, 4.69) is 11.6 Å². The maximum absolute atomic E-state index is 12.9. The van der Waals surface area contributed by atoms with Crippen molar-refractivity contribution in [1.29, 1.82) is 5.41 Å². The van der Waals surface area contributed by atoms with Crippen LogP contribution in [0.4, 0.5) is 0 Å². The van der Waals surface area contributed by atoms with Gasteiger partial charge in [0.1, 0.15) is 11.3 Å². The average Bonchev–Trinajstić information content (AvgIpc) is 2.64. The van der Waals surface area contributed by atoms with Gasteiger partial charge in [0.05, 0.1) is 11.1 Å². The van der Waals surface area contributed by atoms with Gasteiger partial charge in [0.2, 0.25) is 17.6 Å². The van der Waals surface area contributed by atoms with Gasteiger partial charge < -0.3 is 9.84 Å².